The first kappa shape index (κ1) is 12.5. The molecule has 0 saturated carbocycles. The van der Waals surface area contributed by atoms with E-state index in [1.54, 1.807) is 11.8 Å². The van der Waals surface area contributed by atoms with E-state index in [1.807, 2.05) is 37.4 Å². The van der Waals surface area contributed by atoms with Gasteiger partial charge in [-0.3, -0.25) is 0 Å². The fraction of sp³-hybridized carbons (Fsp3) is 0.143. The summed E-state index contributed by atoms with van der Waals surface area (Å²) in [6.07, 6.45) is 0. The van der Waals surface area contributed by atoms with Gasteiger partial charge in [0.2, 0.25) is 0 Å². The minimum atomic E-state index is 0.812. The standard InChI is InChI=1S/C14H14ClNS/c1-16-10-11-6-5-9-13(15)14(11)17-12-7-3-2-4-8-12/h2-9,16H,10H2,1H3. The highest BCUT2D eigenvalue weighted by atomic mass is 35.5. The molecule has 2 rings (SSSR count). The van der Waals surface area contributed by atoms with Gasteiger partial charge in [0.25, 0.3) is 0 Å². The summed E-state index contributed by atoms with van der Waals surface area (Å²) in [5, 5.41) is 3.98. The fourth-order valence-electron chi connectivity index (χ4n) is 1.60. The number of hydrogen-bond donors (Lipinski definition) is 1. The highest BCUT2D eigenvalue weighted by Crippen LogP contribution is 2.35. The van der Waals surface area contributed by atoms with Crippen LogP contribution in [-0.2, 0) is 6.54 Å². The Balaban J connectivity index is 2.31. The second-order valence-corrected chi connectivity index (χ2v) is 5.16. The Bertz CT molecular complexity index is 485. The van der Waals surface area contributed by atoms with Crippen molar-refractivity contribution in [1.82, 2.24) is 5.32 Å². The second kappa shape index (κ2) is 6.10. The van der Waals surface area contributed by atoms with E-state index in [0.29, 0.717) is 0 Å². The van der Waals surface area contributed by atoms with Gasteiger partial charge in [-0.05, 0) is 30.8 Å². The maximum atomic E-state index is 6.27. The van der Waals surface area contributed by atoms with Gasteiger partial charge < -0.3 is 5.32 Å². The summed E-state index contributed by atoms with van der Waals surface area (Å²) in [7, 11) is 1.94. The van der Waals surface area contributed by atoms with E-state index >= 15 is 0 Å². The Hall–Kier alpha value is -0.960. The Morgan fingerprint density at radius 1 is 1.06 bits per heavy atom. The Morgan fingerprint density at radius 3 is 2.53 bits per heavy atom. The molecule has 1 N–H and O–H groups in total. The molecule has 0 aliphatic rings. The zero-order valence-electron chi connectivity index (χ0n) is 9.61. The van der Waals surface area contributed by atoms with Gasteiger partial charge >= 0.3 is 0 Å². The number of hydrogen-bond acceptors (Lipinski definition) is 2. The number of nitrogens with one attached hydrogen (secondary N) is 1. The molecule has 0 bridgehead atoms. The molecule has 0 spiro atoms. The Kier molecular flexibility index (Phi) is 4.49. The third-order valence-corrected chi connectivity index (χ3v) is 4.00. The SMILES string of the molecule is CNCc1cccc(Cl)c1Sc1ccccc1. The summed E-state index contributed by atoms with van der Waals surface area (Å²) in [5.74, 6) is 0. The first-order chi connectivity index (χ1) is 8.31. The molecule has 0 aliphatic heterocycles. The largest absolute Gasteiger partial charge is 0.316 e. The zero-order valence-corrected chi connectivity index (χ0v) is 11.2. The lowest BCUT2D eigenvalue weighted by atomic mass is 10.2. The molecular weight excluding hydrogens is 250 g/mol. The summed E-state index contributed by atoms with van der Waals surface area (Å²) in [5.41, 5.74) is 1.23. The topological polar surface area (TPSA) is 12.0 Å². The molecular formula is C14H14ClNS. The van der Waals surface area contributed by atoms with Crippen LogP contribution in [0.3, 0.4) is 0 Å². The van der Waals surface area contributed by atoms with Crippen LogP contribution >= 0.6 is 23.4 Å². The van der Waals surface area contributed by atoms with Crippen molar-refractivity contribution in [3.63, 3.8) is 0 Å². The molecule has 0 amide bonds. The molecule has 0 fully saturated rings. The molecule has 0 aliphatic carbocycles. The molecule has 0 radical (unpaired) electrons. The maximum absolute atomic E-state index is 6.27. The average molecular weight is 264 g/mol. The van der Waals surface area contributed by atoms with Crippen molar-refractivity contribution in [2.24, 2.45) is 0 Å². The molecule has 3 heteroatoms. The highest BCUT2D eigenvalue weighted by molar-refractivity contribution is 7.99. The van der Waals surface area contributed by atoms with E-state index in [9.17, 15) is 0 Å². The summed E-state index contributed by atoms with van der Waals surface area (Å²) in [6.45, 7) is 0.829. The molecule has 0 unspecified atom stereocenters. The van der Waals surface area contributed by atoms with Gasteiger partial charge in [0, 0.05) is 16.3 Å². The van der Waals surface area contributed by atoms with E-state index in [2.05, 4.69) is 23.5 Å². The molecule has 0 saturated heterocycles. The summed E-state index contributed by atoms with van der Waals surface area (Å²) in [4.78, 5) is 2.34. The van der Waals surface area contributed by atoms with E-state index in [4.69, 9.17) is 11.6 Å². The molecule has 88 valence electrons. The normalized spacial score (nSPS) is 10.5. The van der Waals surface area contributed by atoms with Crippen molar-refractivity contribution < 1.29 is 0 Å². The van der Waals surface area contributed by atoms with Crippen molar-refractivity contribution >= 4 is 23.4 Å². The van der Waals surface area contributed by atoms with Crippen molar-refractivity contribution in [2.75, 3.05) is 7.05 Å². The van der Waals surface area contributed by atoms with Crippen LogP contribution in [0, 0.1) is 0 Å². The summed E-state index contributed by atoms with van der Waals surface area (Å²) in [6, 6.07) is 16.3. The first-order valence-electron chi connectivity index (χ1n) is 5.46. The van der Waals surface area contributed by atoms with Gasteiger partial charge in [0.1, 0.15) is 0 Å². The molecule has 0 atom stereocenters. The van der Waals surface area contributed by atoms with Crippen LogP contribution in [0.1, 0.15) is 5.56 Å². The maximum Gasteiger partial charge on any atom is 0.0548 e. The predicted molar refractivity (Wildman–Crippen MR) is 74.8 cm³/mol. The van der Waals surface area contributed by atoms with E-state index in [1.165, 1.54) is 10.5 Å². The minimum Gasteiger partial charge on any atom is -0.316 e. The lowest BCUT2D eigenvalue weighted by Gasteiger charge is -2.10. The fourth-order valence-corrected chi connectivity index (χ4v) is 2.88. The van der Waals surface area contributed by atoms with Gasteiger partial charge in [-0.2, -0.15) is 0 Å². The Morgan fingerprint density at radius 2 is 1.82 bits per heavy atom. The van der Waals surface area contributed by atoms with Gasteiger partial charge in [0.15, 0.2) is 0 Å². The van der Waals surface area contributed by atoms with Gasteiger partial charge in [-0.25, -0.2) is 0 Å². The zero-order chi connectivity index (χ0) is 12.1. The van der Waals surface area contributed by atoms with Crippen molar-refractivity contribution in [1.29, 1.82) is 0 Å². The van der Waals surface area contributed by atoms with Gasteiger partial charge in [-0.15, -0.1) is 0 Å². The van der Waals surface area contributed by atoms with Crippen molar-refractivity contribution in [3.8, 4) is 0 Å². The molecule has 2 aromatic rings. The lowest BCUT2D eigenvalue weighted by Crippen LogP contribution is -2.06. The third-order valence-electron chi connectivity index (χ3n) is 2.38. The lowest BCUT2D eigenvalue weighted by molar-refractivity contribution is 0.803. The van der Waals surface area contributed by atoms with E-state index < -0.39 is 0 Å². The van der Waals surface area contributed by atoms with Crippen LogP contribution in [0.2, 0.25) is 5.02 Å². The third kappa shape index (κ3) is 3.25. The molecule has 17 heavy (non-hydrogen) atoms. The quantitative estimate of drug-likeness (QED) is 0.887. The number of benzene rings is 2. The second-order valence-electron chi connectivity index (χ2n) is 3.67. The van der Waals surface area contributed by atoms with E-state index in [0.717, 1.165) is 16.5 Å². The Labute approximate surface area is 111 Å². The van der Waals surface area contributed by atoms with Crippen LogP contribution in [-0.4, -0.2) is 7.05 Å². The number of rotatable bonds is 4. The van der Waals surface area contributed by atoms with Crippen LogP contribution in [0.15, 0.2) is 58.3 Å². The first-order valence-corrected chi connectivity index (χ1v) is 6.65. The minimum absolute atomic E-state index is 0.812. The predicted octanol–water partition coefficient (Wildman–Crippen LogP) is 4.21. The average Bonchev–Trinajstić information content (AvgIpc) is 2.35. The highest BCUT2D eigenvalue weighted by Gasteiger charge is 2.07. The van der Waals surface area contributed by atoms with Crippen LogP contribution in [0.25, 0.3) is 0 Å². The monoisotopic (exact) mass is 263 g/mol. The van der Waals surface area contributed by atoms with Crippen molar-refractivity contribution in [2.45, 2.75) is 16.3 Å². The van der Waals surface area contributed by atoms with Gasteiger partial charge in [0.05, 0.1) is 5.02 Å². The molecule has 2 aromatic carbocycles. The van der Waals surface area contributed by atoms with Crippen LogP contribution < -0.4 is 5.32 Å². The molecule has 0 aromatic heterocycles. The van der Waals surface area contributed by atoms with Crippen LogP contribution in [0.5, 0.6) is 0 Å². The van der Waals surface area contributed by atoms with Crippen molar-refractivity contribution in [3.05, 3.63) is 59.1 Å². The smallest absolute Gasteiger partial charge is 0.0548 e. The molecule has 0 heterocycles. The van der Waals surface area contributed by atoms with E-state index in [-0.39, 0.29) is 0 Å². The number of halogens is 1. The van der Waals surface area contributed by atoms with Crippen LogP contribution in [0.4, 0.5) is 0 Å². The van der Waals surface area contributed by atoms with Gasteiger partial charge in [-0.1, -0.05) is 53.7 Å². The summed E-state index contributed by atoms with van der Waals surface area (Å²) >= 11 is 7.98. The summed E-state index contributed by atoms with van der Waals surface area (Å²) < 4.78 is 0. The molecule has 1 nitrogen and oxygen atoms in total.